The Morgan fingerprint density at radius 1 is 1.27 bits per heavy atom. The fourth-order valence-corrected chi connectivity index (χ4v) is 3.79. The van der Waals surface area contributed by atoms with Crippen LogP contribution in [0.3, 0.4) is 0 Å². The van der Waals surface area contributed by atoms with E-state index >= 15 is 0 Å². The molecule has 9 heteroatoms. The van der Waals surface area contributed by atoms with Gasteiger partial charge in [-0.15, -0.1) is 4.72 Å². The summed E-state index contributed by atoms with van der Waals surface area (Å²) in [5.74, 6) is -1.30. The van der Waals surface area contributed by atoms with Gasteiger partial charge in [0.1, 0.15) is 16.4 Å². The van der Waals surface area contributed by atoms with Crippen molar-refractivity contribution in [1.82, 2.24) is 14.7 Å². The first-order valence-corrected chi connectivity index (χ1v) is 11.0. The van der Waals surface area contributed by atoms with Crippen molar-refractivity contribution in [2.75, 3.05) is 6.26 Å². The molecule has 142 valence electrons. The molecule has 1 N–H and O–H groups in total. The van der Waals surface area contributed by atoms with Crippen LogP contribution in [0.15, 0.2) is 34.0 Å². The van der Waals surface area contributed by atoms with Gasteiger partial charge in [0, 0.05) is 23.6 Å². The molecule has 1 aromatic carbocycles. The summed E-state index contributed by atoms with van der Waals surface area (Å²) < 4.78 is 42.9. The molecular weight excluding hydrogens is 444 g/mol. The molecule has 0 aliphatic rings. The standard InChI is InChI=1S/C17H20BrF2N3OS2/c1-17(2,3)26(24)23-14(7-10-5-11(19)8-12(20)6-10)15-13(18)9-21-16(22-15)25-4/h5-6,8-9,14,23H,7H2,1-4H3/t14-,26?/m0/s1. The highest BCUT2D eigenvalue weighted by Crippen LogP contribution is 2.28. The largest absolute Gasteiger partial charge is 0.598 e. The second kappa shape index (κ2) is 8.97. The van der Waals surface area contributed by atoms with Crippen molar-refractivity contribution in [1.29, 1.82) is 0 Å². The van der Waals surface area contributed by atoms with Gasteiger partial charge in [0.2, 0.25) is 0 Å². The number of halogens is 3. The van der Waals surface area contributed by atoms with Crippen LogP contribution in [0.25, 0.3) is 0 Å². The SMILES string of the molecule is CSc1ncc(Br)c([C@H](Cc2cc(F)cc(F)c2)N[S+]([O-])C(C)(C)C)n1. The highest BCUT2D eigenvalue weighted by atomic mass is 79.9. The number of thioether (sulfide) groups is 1. The molecule has 0 saturated heterocycles. The molecule has 2 atom stereocenters. The van der Waals surface area contributed by atoms with Crippen molar-refractivity contribution in [2.24, 2.45) is 0 Å². The van der Waals surface area contributed by atoms with Crippen molar-refractivity contribution in [2.45, 2.75) is 43.1 Å². The Kier molecular flexibility index (Phi) is 7.43. The predicted octanol–water partition coefficient (Wildman–Crippen LogP) is 4.57. The van der Waals surface area contributed by atoms with Crippen LogP contribution in [-0.4, -0.2) is 25.5 Å². The monoisotopic (exact) mass is 463 g/mol. The molecule has 0 bridgehead atoms. The third kappa shape index (κ3) is 5.88. The van der Waals surface area contributed by atoms with Crippen molar-refractivity contribution in [3.63, 3.8) is 0 Å². The van der Waals surface area contributed by atoms with E-state index in [1.807, 2.05) is 27.0 Å². The second-order valence-corrected chi connectivity index (χ2v) is 10.2. The van der Waals surface area contributed by atoms with Crippen LogP contribution in [0, 0.1) is 11.6 Å². The molecule has 0 spiro atoms. The van der Waals surface area contributed by atoms with E-state index < -0.39 is 33.8 Å². The first kappa shape index (κ1) is 21.6. The lowest BCUT2D eigenvalue weighted by Crippen LogP contribution is -2.42. The van der Waals surface area contributed by atoms with Crippen molar-refractivity contribution >= 4 is 39.1 Å². The zero-order chi connectivity index (χ0) is 19.5. The summed E-state index contributed by atoms with van der Waals surface area (Å²) in [6, 6.07) is 2.84. The van der Waals surface area contributed by atoms with Gasteiger partial charge in [0.05, 0.1) is 16.2 Å². The molecule has 0 aliphatic carbocycles. The Morgan fingerprint density at radius 2 is 1.88 bits per heavy atom. The van der Waals surface area contributed by atoms with E-state index in [0.717, 1.165) is 6.07 Å². The van der Waals surface area contributed by atoms with E-state index in [2.05, 4.69) is 30.6 Å². The van der Waals surface area contributed by atoms with Crippen LogP contribution in [0.5, 0.6) is 0 Å². The summed E-state index contributed by atoms with van der Waals surface area (Å²) in [7, 11) is 0. The Morgan fingerprint density at radius 3 is 2.42 bits per heavy atom. The Hall–Kier alpha value is -0.740. The summed E-state index contributed by atoms with van der Waals surface area (Å²) >= 11 is 3.40. The Bertz CT molecular complexity index is 754. The van der Waals surface area contributed by atoms with Gasteiger partial charge in [0.25, 0.3) is 0 Å². The maximum absolute atomic E-state index is 13.6. The van der Waals surface area contributed by atoms with Gasteiger partial charge in [0.15, 0.2) is 5.16 Å². The van der Waals surface area contributed by atoms with Crippen molar-refractivity contribution < 1.29 is 13.3 Å². The van der Waals surface area contributed by atoms with Gasteiger partial charge in [-0.2, -0.15) is 0 Å². The fourth-order valence-electron chi connectivity index (χ4n) is 2.17. The first-order chi connectivity index (χ1) is 12.1. The zero-order valence-electron chi connectivity index (χ0n) is 14.8. The first-order valence-electron chi connectivity index (χ1n) is 7.79. The predicted molar refractivity (Wildman–Crippen MR) is 105 cm³/mol. The number of hydrogen-bond donors (Lipinski definition) is 1. The van der Waals surface area contributed by atoms with Gasteiger partial charge >= 0.3 is 0 Å². The van der Waals surface area contributed by atoms with Crippen molar-refractivity contribution in [3.05, 3.63) is 51.8 Å². The minimum Gasteiger partial charge on any atom is -0.598 e. The molecule has 2 aromatic rings. The van der Waals surface area contributed by atoms with Gasteiger partial charge in [-0.05, 0) is 67.1 Å². The van der Waals surface area contributed by atoms with Crippen molar-refractivity contribution in [3.8, 4) is 0 Å². The topological polar surface area (TPSA) is 60.9 Å². The zero-order valence-corrected chi connectivity index (χ0v) is 18.1. The van der Waals surface area contributed by atoms with E-state index in [1.165, 1.54) is 23.9 Å². The summed E-state index contributed by atoms with van der Waals surface area (Å²) in [5, 5.41) is 0.557. The summed E-state index contributed by atoms with van der Waals surface area (Å²) in [6.07, 6.45) is 3.69. The fraction of sp³-hybridized carbons (Fsp3) is 0.412. The number of aromatic nitrogens is 2. The molecule has 1 heterocycles. The van der Waals surface area contributed by atoms with E-state index in [0.29, 0.717) is 20.9 Å². The van der Waals surface area contributed by atoms with Crippen LogP contribution < -0.4 is 4.72 Å². The van der Waals surface area contributed by atoms with Crippen LogP contribution in [0.1, 0.15) is 38.1 Å². The molecule has 1 aromatic heterocycles. The number of benzene rings is 1. The van der Waals surface area contributed by atoms with Gasteiger partial charge in [-0.3, -0.25) is 0 Å². The lowest BCUT2D eigenvalue weighted by Gasteiger charge is -2.28. The average molecular weight is 464 g/mol. The molecule has 26 heavy (non-hydrogen) atoms. The maximum Gasteiger partial charge on any atom is 0.187 e. The van der Waals surface area contributed by atoms with Crippen LogP contribution in [0.2, 0.25) is 0 Å². The van der Waals surface area contributed by atoms with E-state index in [9.17, 15) is 13.3 Å². The molecular formula is C17H20BrF2N3OS2. The number of hydrogen-bond acceptors (Lipinski definition) is 5. The molecule has 4 nitrogen and oxygen atoms in total. The number of nitrogens with one attached hydrogen (secondary N) is 1. The highest BCUT2D eigenvalue weighted by molar-refractivity contribution is 9.10. The van der Waals surface area contributed by atoms with Crippen LogP contribution in [0.4, 0.5) is 8.78 Å². The second-order valence-electron chi connectivity index (χ2n) is 6.62. The molecule has 0 saturated carbocycles. The number of nitrogens with zero attached hydrogens (tertiary/aromatic N) is 2. The van der Waals surface area contributed by atoms with Gasteiger partial charge in [-0.1, -0.05) is 11.8 Å². The molecule has 0 radical (unpaired) electrons. The maximum atomic E-state index is 13.6. The smallest absolute Gasteiger partial charge is 0.187 e. The Balaban J connectivity index is 2.41. The Labute approximate surface area is 168 Å². The lowest BCUT2D eigenvalue weighted by molar-refractivity contribution is 0.514. The van der Waals surface area contributed by atoms with E-state index in [1.54, 1.807) is 6.20 Å². The molecule has 0 aliphatic heterocycles. The third-order valence-electron chi connectivity index (χ3n) is 3.43. The summed E-state index contributed by atoms with van der Waals surface area (Å²) in [4.78, 5) is 8.67. The average Bonchev–Trinajstić information content (AvgIpc) is 2.53. The molecule has 2 rings (SSSR count). The highest BCUT2D eigenvalue weighted by Gasteiger charge is 2.31. The molecule has 0 amide bonds. The quantitative estimate of drug-likeness (QED) is 0.386. The minimum atomic E-state index is -1.39. The van der Waals surface area contributed by atoms with Gasteiger partial charge < -0.3 is 4.55 Å². The summed E-state index contributed by atoms with van der Waals surface area (Å²) in [5.41, 5.74) is 1.04. The van der Waals surface area contributed by atoms with Crippen LogP contribution in [-0.2, 0) is 17.8 Å². The summed E-state index contributed by atoms with van der Waals surface area (Å²) in [6.45, 7) is 5.53. The normalized spacial score (nSPS) is 14.3. The molecule has 0 fully saturated rings. The van der Waals surface area contributed by atoms with Crippen LogP contribution >= 0.6 is 27.7 Å². The van der Waals surface area contributed by atoms with E-state index in [4.69, 9.17) is 0 Å². The number of rotatable bonds is 6. The lowest BCUT2D eigenvalue weighted by atomic mass is 10.0. The van der Waals surface area contributed by atoms with Gasteiger partial charge in [-0.25, -0.2) is 18.7 Å². The third-order valence-corrected chi connectivity index (χ3v) is 6.21. The molecule has 1 unspecified atom stereocenters. The van der Waals surface area contributed by atoms with E-state index in [-0.39, 0.29) is 6.42 Å². The minimum absolute atomic E-state index is 0.222.